The third-order valence-electron chi connectivity index (χ3n) is 12.7. The summed E-state index contributed by atoms with van der Waals surface area (Å²) in [6.07, 6.45) is 66.2. The molecule has 3 atom stereocenters. The highest BCUT2D eigenvalue weighted by atomic mass is 16.3. The molecule has 0 bridgehead atoms. The highest BCUT2D eigenvalue weighted by Crippen LogP contribution is 2.17. The van der Waals surface area contributed by atoms with Gasteiger partial charge in [-0.25, -0.2) is 0 Å². The molecule has 5 heteroatoms. The van der Waals surface area contributed by atoms with Crippen molar-refractivity contribution in [3.05, 3.63) is 36.5 Å². The van der Waals surface area contributed by atoms with Gasteiger partial charge in [0, 0.05) is 6.42 Å². The number of hydrogen-bond acceptors (Lipinski definition) is 4. The molecule has 0 aliphatic rings. The Hall–Kier alpha value is -1.43. The van der Waals surface area contributed by atoms with Crippen LogP contribution in [-0.2, 0) is 4.79 Å². The summed E-state index contributed by atoms with van der Waals surface area (Å²) in [6, 6.07) is -0.830. The van der Waals surface area contributed by atoms with Crippen LogP contribution in [-0.4, -0.2) is 46.1 Å². The SMILES string of the molecule is CCC/C=C/CC/C=C/CCCC(O)C(O)C(CO)NC(=O)CCCCCCCCCCCCCCCCCCC/C=C\CCCCCCCCCCCCCCCCCC. The number of aliphatic hydroxyl groups excluding tert-OH is 3. The Bertz CT molecular complexity index is 947. The molecule has 360 valence electrons. The Balaban J connectivity index is 3.43. The molecule has 61 heavy (non-hydrogen) atoms. The normalized spacial score (nSPS) is 13.6. The standard InChI is InChI=1S/C56H107NO4/c1-3-5-7-9-11-13-15-16-17-18-19-20-21-22-23-24-25-26-27-28-29-30-31-32-33-34-35-36-37-38-39-40-41-43-45-47-49-51-55(60)57-53(52-58)56(61)54(59)50-48-46-44-42-14-12-10-8-6-4-2/h8,10,26-27,42,44,53-54,56,58-59,61H,3-7,9,11-25,28-41,43,45-52H2,1-2H3,(H,57,60)/b10-8+,27-26-,44-42+. The van der Waals surface area contributed by atoms with Crippen molar-refractivity contribution in [3.63, 3.8) is 0 Å². The van der Waals surface area contributed by atoms with Crippen LogP contribution in [0.1, 0.15) is 290 Å². The predicted molar refractivity (Wildman–Crippen MR) is 268 cm³/mol. The van der Waals surface area contributed by atoms with Crippen molar-refractivity contribution < 1.29 is 20.1 Å². The van der Waals surface area contributed by atoms with E-state index in [4.69, 9.17) is 0 Å². The van der Waals surface area contributed by atoms with Crippen LogP contribution < -0.4 is 5.32 Å². The summed E-state index contributed by atoms with van der Waals surface area (Å²) in [5, 5.41) is 33.4. The van der Waals surface area contributed by atoms with Crippen molar-refractivity contribution in [2.24, 2.45) is 0 Å². The van der Waals surface area contributed by atoms with Gasteiger partial charge in [0.15, 0.2) is 0 Å². The molecule has 0 rings (SSSR count). The number of hydrogen-bond donors (Lipinski definition) is 4. The minimum atomic E-state index is -1.16. The number of allylic oxidation sites excluding steroid dienone is 6. The molecule has 5 nitrogen and oxygen atoms in total. The van der Waals surface area contributed by atoms with Crippen molar-refractivity contribution in [1.29, 1.82) is 0 Å². The van der Waals surface area contributed by atoms with Gasteiger partial charge in [0.2, 0.25) is 5.91 Å². The van der Waals surface area contributed by atoms with Crippen molar-refractivity contribution in [1.82, 2.24) is 5.32 Å². The fourth-order valence-corrected chi connectivity index (χ4v) is 8.48. The summed E-state index contributed by atoms with van der Waals surface area (Å²) in [5.74, 6) is -0.157. The molecule has 0 fully saturated rings. The highest BCUT2D eigenvalue weighted by Gasteiger charge is 2.26. The Morgan fingerprint density at radius 1 is 0.393 bits per heavy atom. The Kier molecular flexibility index (Phi) is 50.0. The third kappa shape index (κ3) is 46.4. The molecule has 0 radical (unpaired) electrons. The van der Waals surface area contributed by atoms with Crippen LogP contribution in [0.2, 0.25) is 0 Å². The number of unbranched alkanes of at least 4 members (excludes halogenated alkanes) is 36. The maximum atomic E-state index is 12.4. The number of nitrogens with one attached hydrogen (secondary N) is 1. The number of amides is 1. The van der Waals surface area contributed by atoms with Crippen LogP contribution in [0.4, 0.5) is 0 Å². The molecule has 0 heterocycles. The largest absolute Gasteiger partial charge is 0.394 e. The van der Waals surface area contributed by atoms with Crippen molar-refractivity contribution in [2.75, 3.05) is 6.61 Å². The monoisotopic (exact) mass is 858 g/mol. The molecular formula is C56H107NO4. The second-order valence-electron chi connectivity index (χ2n) is 18.8. The fraction of sp³-hybridized carbons (Fsp3) is 0.875. The minimum Gasteiger partial charge on any atom is -0.394 e. The van der Waals surface area contributed by atoms with Crippen LogP contribution in [0.5, 0.6) is 0 Å². The molecule has 1 amide bonds. The molecule has 0 aliphatic carbocycles. The molecule has 4 N–H and O–H groups in total. The fourth-order valence-electron chi connectivity index (χ4n) is 8.48. The molecular weight excluding hydrogens is 751 g/mol. The van der Waals surface area contributed by atoms with Crippen molar-refractivity contribution in [2.45, 2.75) is 308 Å². The second-order valence-corrected chi connectivity index (χ2v) is 18.8. The number of carbonyl (C=O) groups excluding carboxylic acids is 1. The summed E-state index contributed by atoms with van der Waals surface area (Å²) in [4.78, 5) is 12.4. The summed E-state index contributed by atoms with van der Waals surface area (Å²) in [5.41, 5.74) is 0. The molecule has 0 saturated carbocycles. The van der Waals surface area contributed by atoms with Gasteiger partial charge in [-0.15, -0.1) is 0 Å². The van der Waals surface area contributed by atoms with E-state index in [1.165, 1.54) is 212 Å². The molecule has 0 aromatic rings. The van der Waals surface area contributed by atoms with E-state index in [0.717, 1.165) is 51.4 Å². The zero-order valence-electron chi connectivity index (χ0n) is 41.1. The molecule has 3 unspecified atom stereocenters. The van der Waals surface area contributed by atoms with E-state index < -0.39 is 18.2 Å². The lowest BCUT2D eigenvalue weighted by Crippen LogP contribution is -2.50. The van der Waals surface area contributed by atoms with E-state index in [2.05, 4.69) is 55.6 Å². The number of aliphatic hydroxyl groups is 3. The van der Waals surface area contributed by atoms with E-state index >= 15 is 0 Å². The summed E-state index contributed by atoms with van der Waals surface area (Å²) in [7, 11) is 0. The van der Waals surface area contributed by atoms with Gasteiger partial charge in [-0.3, -0.25) is 4.79 Å². The lowest BCUT2D eigenvalue weighted by Gasteiger charge is -2.26. The first-order chi connectivity index (χ1) is 30.1. The van der Waals surface area contributed by atoms with Gasteiger partial charge >= 0.3 is 0 Å². The van der Waals surface area contributed by atoms with E-state index in [9.17, 15) is 20.1 Å². The zero-order valence-corrected chi connectivity index (χ0v) is 41.1. The van der Waals surface area contributed by atoms with E-state index in [1.807, 2.05) is 0 Å². The number of carbonyl (C=O) groups is 1. The van der Waals surface area contributed by atoms with Crippen molar-refractivity contribution in [3.8, 4) is 0 Å². The molecule has 0 aromatic heterocycles. The summed E-state index contributed by atoms with van der Waals surface area (Å²) >= 11 is 0. The quantitative estimate of drug-likeness (QED) is 0.0362. The number of rotatable bonds is 50. The maximum absolute atomic E-state index is 12.4. The van der Waals surface area contributed by atoms with E-state index in [-0.39, 0.29) is 12.5 Å². The first-order valence-electron chi connectivity index (χ1n) is 27.3. The highest BCUT2D eigenvalue weighted by molar-refractivity contribution is 5.76. The van der Waals surface area contributed by atoms with Crippen LogP contribution >= 0.6 is 0 Å². The van der Waals surface area contributed by atoms with Gasteiger partial charge in [0.1, 0.15) is 6.10 Å². The van der Waals surface area contributed by atoms with Gasteiger partial charge in [-0.05, 0) is 70.6 Å². The first kappa shape index (κ1) is 59.6. The average Bonchev–Trinajstić information content (AvgIpc) is 3.26. The topological polar surface area (TPSA) is 89.8 Å². The molecule has 0 spiro atoms. The van der Waals surface area contributed by atoms with Gasteiger partial charge in [-0.1, -0.05) is 249 Å². The average molecular weight is 858 g/mol. The summed E-state index contributed by atoms with van der Waals surface area (Å²) < 4.78 is 0. The lowest BCUT2D eigenvalue weighted by atomic mass is 10.0. The first-order valence-corrected chi connectivity index (χ1v) is 27.3. The van der Waals surface area contributed by atoms with Gasteiger partial charge in [-0.2, -0.15) is 0 Å². The Morgan fingerprint density at radius 3 is 1.07 bits per heavy atom. The van der Waals surface area contributed by atoms with E-state index in [0.29, 0.717) is 12.8 Å². The molecule has 0 saturated heterocycles. The van der Waals surface area contributed by atoms with Gasteiger partial charge in [0.25, 0.3) is 0 Å². The van der Waals surface area contributed by atoms with E-state index in [1.54, 1.807) is 0 Å². The smallest absolute Gasteiger partial charge is 0.220 e. The van der Waals surface area contributed by atoms with Gasteiger partial charge in [0.05, 0.1) is 18.8 Å². The predicted octanol–water partition coefficient (Wildman–Crippen LogP) is 16.7. The zero-order chi connectivity index (χ0) is 44.4. The summed E-state index contributed by atoms with van der Waals surface area (Å²) in [6.45, 7) is 4.10. The minimum absolute atomic E-state index is 0.157. The second kappa shape index (κ2) is 51.2. The van der Waals surface area contributed by atoms with Gasteiger partial charge < -0.3 is 20.6 Å². The van der Waals surface area contributed by atoms with Crippen molar-refractivity contribution >= 4 is 5.91 Å². The maximum Gasteiger partial charge on any atom is 0.220 e. The Morgan fingerprint density at radius 2 is 0.705 bits per heavy atom. The van der Waals surface area contributed by atoms with Crippen LogP contribution in [0, 0.1) is 0 Å². The van der Waals surface area contributed by atoms with Crippen LogP contribution in [0.25, 0.3) is 0 Å². The molecule has 0 aliphatic heterocycles. The lowest BCUT2D eigenvalue weighted by molar-refractivity contribution is -0.124. The molecule has 0 aromatic carbocycles. The third-order valence-corrected chi connectivity index (χ3v) is 12.7. The van der Waals surface area contributed by atoms with Crippen LogP contribution in [0.15, 0.2) is 36.5 Å². The van der Waals surface area contributed by atoms with Crippen LogP contribution in [0.3, 0.4) is 0 Å². The Labute approximate surface area is 381 Å².